The summed E-state index contributed by atoms with van der Waals surface area (Å²) in [7, 11) is -1.49. The molecule has 2 rings (SSSR count). The van der Waals surface area contributed by atoms with Crippen LogP contribution < -0.4 is 0 Å². The molecular formula is C22H43BSi. The van der Waals surface area contributed by atoms with Crippen molar-refractivity contribution in [3.8, 4) is 0 Å². The summed E-state index contributed by atoms with van der Waals surface area (Å²) < 4.78 is 0. The van der Waals surface area contributed by atoms with E-state index in [0.29, 0.717) is 0 Å². The maximum absolute atomic E-state index is 2.80. The first-order chi connectivity index (χ1) is 11.4. The molecule has 24 heavy (non-hydrogen) atoms. The summed E-state index contributed by atoms with van der Waals surface area (Å²) in [5.74, 6) is 2.03. The third-order valence-electron chi connectivity index (χ3n) is 7.69. The van der Waals surface area contributed by atoms with Gasteiger partial charge in [-0.3, -0.25) is 0 Å². The van der Waals surface area contributed by atoms with Crippen LogP contribution in [0.2, 0.25) is 28.3 Å². The molecular weight excluding hydrogens is 303 g/mol. The molecule has 2 heterocycles. The van der Waals surface area contributed by atoms with Crippen LogP contribution in [0, 0.1) is 0 Å². The molecule has 0 saturated carbocycles. The van der Waals surface area contributed by atoms with Crippen LogP contribution in [0.4, 0.5) is 0 Å². The zero-order chi connectivity index (χ0) is 17.9. The predicted molar refractivity (Wildman–Crippen MR) is 115 cm³/mol. The molecule has 2 saturated heterocycles. The Morgan fingerprint density at radius 1 is 0.875 bits per heavy atom. The maximum atomic E-state index is 2.80. The summed E-state index contributed by atoms with van der Waals surface area (Å²) in [5, 5.41) is 2.04. The van der Waals surface area contributed by atoms with Crippen LogP contribution in [0.5, 0.6) is 0 Å². The molecule has 0 spiro atoms. The fourth-order valence-electron chi connectivity index (χ4n) is 7.09. The van der Waals surface area contributed by atoms with E-state index >= 15 is 0 Å². The van der Waals surface area contributed by atoms with Gasteiger partial charge in [0.25, 0.3) is 0 Å². The highest BCUT2D eigenvalue weighted by Crippen LogP contribution is 2.55. The van der Waals surface area contributed by atoms with E-state index in [1.54, 1.807) is 0 Å². The fraction of sp³-hybridized carbons (Fsp3) is 0.909. The zero-order valence-corrected chi connectivity index (χ0v) is 18.7. The molecule has 0 aliphatic carbocycles. The number of fused-ring (bicyclic) bond motifs is 2. The highest BCUT2D eigenvalue weighted by Gasteiger charge is 2.52. The molecule has 138 valence electrons. The van der Waals surface area contributed by atoms with Crippen molar-refractivity contribution in [1.82, 2.24) is 0 Å². The first-order valence-corrected chi connectivity index (χ1v) is 13.3. The predicted octanol–water partition coefficient (Wildman–Crippen LogP) is 8.07. The van der Waals surface area contributed by atoms with Crippen molar-refractivity contribution in [1.29, 1.82) is 0 Å². The van der Waals surface area contributed by atoms with Gasteiger partial charge in [0, 0.05) is 0 Å². The Hall–Kier alpha value is 0.0218. The Bertz CT molecular complexity index is 380. The summed E-state index contributed by atoms with van der Waals surface area (Å²) in [6.45, 7) is 18.7. The summed E-state index contributed by atoms with van der Waals surface area (Å²) in [4.78, 5) is 0. The van der Waals surface area contributed by atoms with Crippen LogP contribution in [0.15, 0.2) is 11.2 Å². The minimum atomic E-state index is -1.49. The minimum Gasteiger partial charge on any atom is -0.113 e. The van der Waals surface area contributed by atoms with Gasteiger partial charge in [-0.05, 0) is 23.0 Å². The van der Waals surface area contributed by atoms with Crippen LogP contribution in [-0.2, 0) is 0 Å². The van der Waals surface area contributed by atoms with Gasteiger partial charge in [-0.2, -0.15) is 0 Å². The van der Waals surface area contributed by atoms with Gasteiger partial charge in [0.15, 0.2) is 6.71 Å². The molecule has 2 heteroatoms. The molecule has 0 unspecified atom stereocenters. The van der Waals surface area contributed by atoms with Crippen LogP contribution in [-0.4, -0.2) is 14.8 Å². The molecule has 0 radical (unpaired) electrons. The lowest BCUT2D eigenvalue weighted by Crippen LogP contribution is -2.54. The molecule has 0 amide bonds. The highest BCUT2D eigenvalue weighted by molar-refractivity contribution is 7.03. The number of allylic oxidation sites excluding steroid dienone is 1. The topological polar surface area (TPSA) is 0 Å². The first-order valence-electron chi connectivity index (χ1n) is 11.1. The molecule has 0 N–H and O–H groups in total. The molecule has 2 bridgehead atoms. The SMILES string of the molecule is CCC/C=C(/B1C2CCCC1CCC2)[Si](C(C)C)(C(C)C)C(C)C. The summed E-state index contributed by atoms with van der Waals surface area (Å²) >= 11 is 0. The van der Waals surface area contributed by atoms with Crippen molar-refractivity contribution < 1.29 is 0 Å². The Morgan fingerprint density at radius 3 is 1.62 bits per heavy atom. The van der Waals surface area contributed by atoms with Crippen LogP contribution >= 0.6 is 0 Å². The van der Waals surface area contributed by atoms with Crippen molar-refractivity contribution in [2.24, 2.45) is 0 Å². The van der Waals surface area contributed by atoms with E-state index in [9.17, 15) is 0 Å². The fourth-order valence-corrected chi connectivity index (χ4v) is 14.6. The van der Waals surface area contributed by atoms with Crippen molar-refractivity contribution in [2.45, 2.75) is 128 Å². The van der Waals surface area contributed by atoms with E-state index in [1.165, 1.54) is 51.4 Å². The van der Waals surface area contributed by atoms with Crippen LogP contribution in [0.25, 0.3) is 0 Å². The molecule has 0 aromatic heterocycles. The second-order valence-electron chi connectivity index (χ2n) is 9.75. The van der Waals surface area contributed by atoms with Gasteiger partial charge in [0.1, 0.15) is 0 Å². The van der Waals surface area contributed by atoms with Gasteiger partial charge in [-0.25, -0.2) is 0 Å². The quantitative estimate of drug-likeness (QED) is 0.409. The Labute approximate surface area is 154 Å². The number of rotatable bonds is 7. The smallest absolute Gasteiger partial charge is 0.113 e. The van der Waals surface area contributed by atoms with E-state index in [1.807, 2.05) is 5.10 Å². The lowest BCUT2D eigenvalue weighted by Gasteiger charge is -2.52. The molecule has 0 nitrogen and oxygen atoms in total. The summed E-state index contributed by atoms with van der Waals surface area (Å²) in [6, 6.07) is 0. The minimum absolute atomic E-state index is 0.864. The maximum Gasteiger partial charge on any atom is 0.171 e. The number of unbranched alkanes of at least 4 members (excludes halogenated alkanes) is 1. The van der Waals surface area contributed by atoms with Gasteiger partial charge >= 0.3 is 0 Å². The molecule has 0 aromatic rings. The molecule has 0 atom stereocenters. The van der Waals surface area contributed by atoms with Gasteiger partial charge < -0.3 is 0 Å². The van der Waals surface area contributed by atoms with E-state index in [2.05, 4.69) is 54.5 Å². The van der Waals surface area contributed by atoms with Crippen LogP contribution in [0.3, 0.4) is 0 Å². The van der Waals surface area contributed by atoms with E-state index in [-0.39, 0.29) is 0 Å². The Kier molecular flexibility index (Phi) is 7.29. The average Bonchev–Trinajstić information content (AvgIpc) is 2.49. The molecule has 2 aliphatic heterocycles. The monoisotopic (exact) mass is 346 g/mol. The third kappa shape index (κ3) is 3.60. The highest BCUT2D eigenvalue weighted by atomic mass is 28.3. The average molecular weight is 346 g/mol. The lowest BCUT2D eigenvalue weighted by atomic mass is 9.27. The molecule has 2 fully saturated rings. The number of hydrogen-bond donors (Lipinski definition) is 0. The van der Waals surface area contributed by atoms with Crippen molar-refractivity contribution in [3.63, 3.8) is 0 Å². The molecule has 0 aromatic carbocycles. The molecule has 2 aliphatic rings. The Morgan fingerprint density at radius 2 is 1.29 bits per heavy atom. The van der Waals surface area contributed by atoms with E-state index in [0.717, 1.165) is 35.0 Å². The van der Waals surface area contributed by atoms with E-state index in [4.69, 9.17) is 0 Å². The summed E-state index contributed by atoms with van der Waals surface area (Å²) in [5.41, 5.74) is 2.59. The van der Waals surface area contributed by atoms with Gasteiger partial charge in [0.05, 0.1) is 8.07 Å². The van der Waals surface area contributed by atoms with E-state index < -0.39 is 8.07 Å². The first kappa shape index (κ1) is 20.3. The lowest BCUT2D eigenvalue weighted by molar-refractivity contribution is 0.446. The zero-order valence-electron chi connectivity index (χ0n) is 17.7. The second kappa shape index (κ2) is 8.60. The standard InChI is InChI=1S/C22H43BSi/c1-8-9-16-22(24(17(2)3,18(4)5)19(6)7)23-20-12-10-13-21(23)15-11-14-20/h16-21H,8-15H2,1-7H3/b22-16-. The van der Waals surface area contributed by atoms with Crippen molar-refractivity contribution in [2.75, 3.05) is 0 Å². The normalized spacial score (nSPS) is 25.9. The van der Waals surface area contributed by atoms with Gasteiger partial charge in [-0.1, -0.05) is 111 Å². The van der Waals surface area contributed by atoms with Gasteiger partial charge in [-0.15, -0.1) is 5.10 Å². The van der Waals surface area contributed by atoms with Gasteiger partial charge in [0.2, 0.25) is 0 Å². The van der Waals surface area contributed by atoms with Crippen molar-refractivity contribution >= 4 is 14.8 Å². The van der Waals surface area contributed by atoms with Crippen molar-refractivity contribution in [3.05, 3.63) is 11.2 Å². The summed E-state index contributed by atoms with van der Waals surface area (Å²) in [6.07, 6.45) is 14.5. The second-order valence-corrected chi connectivity index (χ2v) is 15.7. The van der Waals surface area contributed by atoms with Crippen LogP contribution in [0.1, 0.15) is 99.8 Å². The Balaban J connectivity index is 2.54. The third-order valence-corrected chi connectivity index (χ3v) is 15.0. The largest absolute Gasteiger partial charge is 0.171 e. The number of hydrogen-bond acceptors (Lipinski definition) is 0.